The number of aromatic nitrogens is 2. The minimum absolute atomic E-state index is 0.125. The van der Waals surface area contributed by atoms with Crippen molar-refractivity contribution in [2.24, 2.45) is 0 Å². The maximum atomic E-state index is 11.5. The number of hydrogen-bond donors (Lipinski definition) is 2. The molecule has 0 saturated heterocycles. The number of nitrogens with one attached hydrogen (secondary N) is 1. The van der Waals surface area contributed by atoms with Crippen LogP contribution in [0.4, 0.5) is 11.5 Å². The number of imidazole rings is 1. The Balaban J connectivity index is 2.14. The van der Waals surface area contributed by atoms with E-state index in [1.807, 2.05) is 30.3 Å². The summed E-state index contributed by atoms with van der Waals surface area (Å²) in [5.41, 5.74) is 1.55. The van der Waals surface area contributed by atoms with Crippen molar-refractivity contribution < 1.29 is 9.90 Å². The van der Waals surface area contributed by atoms with Crippen molar-refractivity contribution in [3.63, 3.8) is 0 Å². The Bertz CT molecular complexity index is 798. The molecule has 0 aliphatic rings. The summed E-state index contributed by atoms with van der Waals surface area (Å²) in [4.78, 5) is 15.8. The number of carboxylic acid groups (broad SMARTS) is 1. The van der Waals surface area contributed by atoms with Crippen LogP contribution in [-0.4, -0.2) is 20.5 Å². The molecule has 0 unspecified atom stereocenters. The van der Waals surface area contributed by atoms with Gasteiger partial charge >= 0.3 is 5.97 Å². The molecule has 3 rings (SSSR count). The highest BCUT2D eigenvalue weighted by molar-refractivity contribution is 14.1. The third kappa shape index (κ3) is 2.22. The number of nitrogens with zero attached hydrogens (tertiary/aromatic N) is 2. The molecule has 0 aliphatic heterocycles. The monoisotopic (exact) mass is 379 g/mol. The first-order chi connectivity index (χ1) is 9.66. The second-order valence-electron chi connectivity index (χ2n) is 4.15. The first-order valence-corrected chi connectivity index (χ1v) is 6.96. The van der Waals surface area contributed by atoms with Gasteiger partial charge in [0.2, 0.25) is 0 Å². The lowest BCUT2D eigenvalue weighted by Crippen LogP contribution is -2.05. The van der Waals surface area contributed by atoms with Gasteiger partial charge < -0.3 is 10.4 Å². The van der Waals surface area contributed by atoms with Gasteiger partial charge in [-0.3, -0.25) is 4.40 Å². The highest BCUT2D eigenvalue weighted by Gasteiger charge is 2.18. The average molecular weight is 379 g/mol. The van der Waals surface area contributed by atoms with Crippen molar-refractivity contribution in [1.29, 1.82) is 0 Å². The van der Waals surface area contributed by atoms with Crippen LogP contribution < -0.4 is 5.32 Å². The van der Waals surface area contributed by atoms with E-state index in [0.717, 1.165) is 9.26 Å². The quantitative estimate of drug-likeness (QED) is 0.685. The molecule has 0 bridgehead atoms. The normalized spacial score (nSPS) is 10.7. The smallest absolute Gasteiger partial charge is 0.356 e. The third-order valence-corrected chi connectivity index (χ3v) is 3.80. The minimum atomic E-state index is -1.02. The number of rotatable bonds is 3. The number of anilines is 2. The summed E-state index contributed by atoms with van der Waals surface area (Å²) in [6.07, 6.45) is 1.69. The fourth-order valence-corrected chi connectivity index (χ4v) is 2.50. The van der Waals surface area contributed by atoms with Gasteiger partial charge in [0.15, 0.2) is 11.5 Å². The summed E-state index contributed by atoms with van der Waals surface area (Å²) in [5, 5.41) is 12.5. The SMILES string of the molecule is O=C(O)c1c(Nc2ccccc2I)nc2ccccn12. The van der Waals surface area contributed by atoms with Crippen molar-refractivity contribution in [2.45, 2.75) is 0 Å². The number of hydrogen-bond acceptors (Lipinski definition) is 3. The molecule has 6 heteroatoms. The predicted octanol–water partition coefficient (Wildman–Crippen LogP) is 3.38. The van der Waals surface area contributed by atoms with Crippen LogP contribution in [0, 0.1) is 3.57 Å². The van der Waals surface area contributed by atoms with Gasteiger partial charge in [-0.15, -0.1) is 0 Å². The molecule has 0 saturated carbocycles. The lowest BCUT2D eigenvalue weighted by molar-refractivity contribution is 0.0690. The maximum Gasteiger partial charge on any atom is 0.356 e. The fourth-order valence-electron chi connectivity index (χ4n) is 1.98. The number of benzene rings is 1. The van der Waals surface area contributed by atoms with Crippen molar-refractivity contribution in [2.75, 3.05) is 5.32 Å². The number of pyridine rings is 1. The summed E-state index contributed by atoms with van der Waals surface area (Å²) < 4.78 is 2.55. The minimum Gasteiger partial charge on any atom is -0.476 e. The van der Waals surface area contributed by atoms with Gasteiger partial charge in [-0.2, -0.15) is 0 Å². The van der Waals surface area contributed by atoms with Crippen LogP contribution >= 0.6 is 22.6 Å². The van der Waals surface area contributed by atoms with Crippen LogP contribution in [0.25, 0.3) is 5.65 Å². The van der Waals surface area contributed by atoms with Crippen molar-refractivity contribution in [1.82, 2.24) is 9.38 Å². The Labute approximate surface area is 128 Å². The standard InChI is InChI=1S/C14H10IN3O2/c15-9-5-1-2-6-10(9)16-13-12(14(19)20)18-8-4-3-7-11(18)17-13/h1-8,16H,(H,19,20). The van der Waals surface area contributed by atoms with Crippen LogP contribution in [0.5, 0.6) is 0 Å². The largest absolute Gasteiger partial charge is 0.476 e. The molecule has 2 N–H and O–H groups in total. The molecule has 2 heterocycles. The number of para-hydroxylation sites is 1. The van der Waals surface area contributed by atoms with Crippen LogP contribution in [0.2, 0.25) is 0 Å². The molecular formula is C14H10IN3O2. The highest BCUT2D eigenvalue weighted by Crippen LogP contribution is 2.25. The van der Waals surface area contributed by atoms with Gasteiger partial charge in [0, 0.05) is 9.77 Å². The number of carboxylic acids is 1. The van der Waals surface area contributed by atoms with Crippen molar-refractivity contribution in [3.8, 4) is 0 Å². The van der Waals surface area contributed by atoms with E-state index < -0.39 is 5.97 Å². The summed E-state index contributed by atoms with van der Waals surface area (Å²) in [6, 6.07) is 13.0. The molecule has 0 amide bonds. The Hall–Kier alpha value is -2.09. The number of fused-ring (bicyclic) bond motifs is 1. The van der Waals surface area contributed by atoms with Gasteiger partial charge in [-0.1, -0.05) is 18.2 Å². The summed E-state index contributed by atoms with van der Waals surface area (Å²) in [6.45, 7) is 0. The third-order valence-electron chi connectivity index (χ3n) is 2.86. The van der Waals surface area contributed by atoms with E-state index in [4.69, 9.17) is 0 Å². The highest BCUT2D eigenvalue weighted by atomic mass is 127. The molecule has 5 nitrogen and oxygen atoms in total. The summed E-state index contributed by atoms with van der Waals surface area (Å²) >= 11 is 2.19. The molecule has 100 valence electrons. The molecule has 0 radical (unpaired) electrons. The van der Waals surface area contributed by atoms with Crippen molar-refractivity contribution in [3.05, 3.63) is 57.9 Å². The van der Waals surface area contributed by atoms with E-state index in [9.17, 15) is 9.90 Å². The Morgan fingerprint density at radius 3 is 2.70 bits per heavy atom. The van der Waals surface area contributed by atoms with E-state index in [1.165, 1.54) is 0 Å². The van der Waals surface area contributed by atoms with Crippen LogP contribution in [0.3, 0.4) is 0 Å². The zero-order valence-corrected chi connectivity index (χ0v) is 12.4. The average Bonchev–Trinajstić information content (AvgIpc) is 2.79. The Morgan fingerprint density at radius 2 is 1.95 bits per heavy atom. The van der Waals surface area contributed by atoms with Gasteiger partial charge in [0.25, 0.3) is 0 Å². The van der Waals surface area contributed by atoms with E-state index in [-0.39, 0.29) is 5.69 Å². The lowest BCUT2D eigenvalue weighted by Gasteiger charge is -2.06. The van der Waals surface area contributed by atoms with E-state index in [1.54, 1.807) is 22.7 Å². The zero-order valence-electron chi connectivity index (χ0n) is 10.2. The molecular weight excluding hydrogens is 369 g/mol. The summed E-state index contributed by atoms with van der Waals surface area (Å²) in [7, 11) is 0. The van der Waals surface area contributed by atoms with E-state index in [2.05, 4.69) is 32.9 Å². The molecule has 3 aromatic rings. The Kier molecular flexibility index (Phi) is 3.31. The molecule has 0 fully saturated rings. The van der Waals surface area contributed by atoms with Crippen molar-refractivity contribution >= 4 is 45.7 Å². The van der Waals surface area contributed by atoms with Crippen LogP contribution in [0.1, 0.15) is 10.5 Å². The topological polar surface area (TPSA) is 66.6 Å². The molecule has 20 heavy (non-hydrogen) atoms. The molecule has 0 spiro atoms. The van der Waals surface area contributed by atoms with Gasteiger partial charge in [-0.25, -0.2) is 9.78 Å². The zero-order chi connectivity index (χ0) is 14.1. The molecule has 1 aromatic carbocycles. The second-order valence-corrected chi connectivity index (χ2v) is 5.31. The lowest BCUT2D eigenvalue weighted by atomic mass is 10.3. The van der Waals surface area contributed by atoms with Gasteiger partial charge in [0.1, 0.15) is 5.65 Å². The molecule has 0 aliphatic carbocycles. The summed E-state index contributed by atoms with van der Waals surface area (Å²) in [5.74, 6) is -0.676. The first-order valence-electron chi connectivity index (χ1n) is 5.89. The molecule has 0 atom stereocenters. The van der Waals surface area contributed by atoms with E-state index in [0.29, 0.717) is 11.5 Å². The van der Waals surface area contributed by atoms with Gasteiger partial charge in [0.05, 0.1) is 5.69 Å². The maximum absolute atomic E-state index is 11.5. The van der Waals surface area contributed by atoms with Gasteiger partial charge in [-0.05, 0) is 46.9 Å². The number of halogens is 1. The predicted molar refractivity (Wildman–Crippen MR) is 84.6 cm³/mol. The van der Waals surface area contributed by atoms with E-state index >= 15 is 0 Å². The number of carbonyl (C=O) groups is 1. The Morgan fingerprint density at radius 1 is 1.20 bits per heavy atom. The second kappa shape index (κ2) is 5.12. The molecule has 2 aromatic heterocycles. The van der Waals surface area contributed by atoms with Crippen LogP contribution in [-0.2, 0) is 0 Å². The van der Waals surface area contributed by atoms with Crippen LogP contribution in [0.15, 0.2) is 48.7 Å². The fraction of sp³-hybridized carbons (Fsp3) is 0. The number of aromatic carboxylic acids is 1. The first kappa shape index (κ1) is 12.9.